The molecule has 0 fully saturated rings. The van der Waals surface area contributed by atoms with Gasteiger partial charge in [0.25, 0.3) is 23.6 Å². The lowest BCUT2D eigenvalue weighted by Crippen LogP contribution is -2.33. The maximum Gasteiger partial charge on any atom is 0.417 e. The minimum atomic E-state index is -4.80. The lowest BCUT2D eigenvalue weighted by molar-refractivity contribution is -0.138. The number of hydrogen-bond donors (Lipinski definition) is 4. The van der Waals surface area contributed by atoms with E-state index in [1.165, 1.54) is 48.5 Å². The van der Waals surface area contributed by atoms with E-state index in [2.05, 4.69) is 41.7 Å². The topological polar surface area (TPSA) is 200 Å². The summed E-state index contributed by atoms with van der Waals surface area (Å²) in [5.41, 5.74) is -2.76. The first-order chi connectivity index (χ1) is 31.8. The van der Waals surface area contributed by atoms with Gasteiger partial charge in [-0.05, 0) is 99.5 Å². The summed E-state index contributed by atoms with van der Waals surface area (Å²) in [6.45, 7) is 5.27. The van der Waals surface area contributed by atoms with E-state index in [4.69, 9.17) is 46.4 Å². The van der Waals surface area contributed by atoms with Gasteiger partial charge in [0.15, 0.2) is 11.6 Å². The normalized spacial score (nSPS) is 12.7. The van der Waals surface area contributed by atoms with Gasteiger partial charge in [0.2, 0.25) is 12.1 Å². The molecule has 0 spiro atoms. The number of carbonyl (C=O) groups excluding carboxylic acids is 6. The Kier molecular flexibility index (Phi) is 16.5. The first-order valence-electron chi connectivity index (χ1n) is 19.3. The van der Waals surface area contributed by atoms with Gasteiger partial charge in [0.1, 0.15) is 11.4 Å². The van der Waals surface area contributed by atoms with Gasteiger partial charge in [-0.15, -0.1) is 0 Å². The summed E-state index contributed by atoms with van der Waals surface area (Å²) in [7, 11) is 0. The molecule has 0 aromatic heterocycles. The van der Waals surface area contributed by atoms with Gasteiger partial charge in [-0.25, -0.2) is 0 Å². The number of ketones is 2. The van der Waals surface area contributed by atoms with Gasteiger partial charge in [-0.1, -0.05) is 70.7 Å². The number of azo groups is 2. The van der Waals surface area contributed by atoms with Crippen LogP contribution < -0.4 is 21.3 Å². The molecule has 0 aliphatic carbocycles. The van der Waals surface area contributed by atoms with Crippen LogP contribution >= 0.6 is 46.4 Å². The lowest BCUT2D eigenvalue weighted by atomic mass is 10.0. The highest BCUT2D eigenvalue weighted by Gasteiger charge is 2.35. The summed E-state index contributed by atoms with van der Waals surface area (Å²) in [5.74, 6) is -5.30. The van der Waals surface area contributed by atoms with Crippen LogP contribution in [0.15, 0.2) is 105 Å². The number of anilines is 4. The average molecular weight is 1020 g/mol. The number of amides is 4. The summed E-state index contributed by atoms with van der Waals surface area (Å²) in [6, 6.07) is 12.9. The molecular weight excluding hydrogens is 992 g/mol. The van der Waals surface area contributed by atoms with Crippen LogP contribution in [-0.2, 0) is 31.5 Å². The molecule has 0 bridgehead atoms. The Morgan fingerprint density at radius 1 is 0.471 bits per heavy atom. The predicted molar refractivity (Wildman–Crippen MR) is 243 cm³/mol. The highest BCUT2D eigenvalue weighted by atomic mass is 35.5. The third-order valence-electron chi connectivity index (χ3n) is 9.68. The van der Waals surface area contributed by atoms with Crippen molar-refractivity contribution in [1.82, 2.24) is 0 Å². The number of alkyl halides is 6. The van der Waals surface area contributed by atoms with Crippen LogP contribution in [0, 0.1) is 13.8 Å². The SMILES string of the molecule is CC(=O)C(N=Nc1cccc(C(=O)Nc2cccc(C(F)(F)F)c2Cl)c1Cl)C(=O)Nc1ccc(NC(=O)C(N=Nc2cccc(C(=O)Nc3cccc(C(F)(F)F)c3Cl)c2Cl)C(C)=O)c(C)c1C. The fraction of sp³-hybridized carbons (Fsp3) is 0.182. The van der Waals surface area contributed by atoms with Crippen molar-refractivity contribution in [1.29, 1.82) is 0 Å². The smallest absolute Gasteiger partial charge is 0.324 e. The van der Waals surface area contributed by atoms with Gasteiger partial charge < -0.3 is 21.3 Å². The number of Topliss-reactive ketones (excluding diaryl/α,β-unsaturated/α-hetero) is 2. The van der Waals surface area contributed by atoms with Crippen LogP contribution in [0.4, 0.5) is 60.5 Å². The molecule has 4 N–H and O–H groups in total. The number of carbonyl (C=O) groups is 6. The molecule has 0 saturated carbocycles. The first kappa shape index (κ1) is 52.2. The van der Waals surface area contributed by atoms with E-state index in [1.54, 1.807) is 13.8 Å². The molecule has 5 aromatic rings. The predicted octanol–water partition coefficient (Wildman–Crippen LogP) is 12.8. The van der Waals surface area contributed by atoms with Crippen molar-refractivity contribution >= 4 is 116 Å². The second-order valence-corrected chi connectivity index (χ2v) is 15.9. The van der Waals surface area contributed by atoms with Gasteiger partial charge in [0.05, 0.1) is 53.7 Å². The molecule has 0 heterocycles. The van der Waals surface area contributed by atoms with Crippen molar-refractivity contribution in [3.63, 3.8) is 0 Å². The molecule has 2 atom stereocenters. The summed E-state index contributed by atoms with van der Waals surface area (Å²) < 4.78 is 80.1. The molecule has 4 amide bonds. The van der Waals surface area contributed by atoms with E-state index >= 15 is 0 Å². The molecule has 0 aliphatic rings. The quantitative estimate of drug-likeness (QED) is 0.0484. The number of halogens is 10. The third kappa shape index (κ3) is 12.2. The van der Waals surface area contributed by atoms with E-state index in [-0.39, 0.29) is 55.3 Å². The van der Waals surface area contributed by atoms with Crippen molar-refractivity contribution in [3.8, 4) is 0 Å². The van der Waals surface area contributed by atoms with Gasteiger partial charge in [0, 0.05) is 11.4 Å². The molecule has 0 saturated heterocycles. The second-order valence-electron chi connectivity index (χ2n) is 14.4. The minimum Gasteiger partial charge on any atom is -0.324 e. The Labute approximate surface area is 401 Å². The van der Waals surface area contributed by atoms with Gasteiger partial charge >= 0.3 is 12.4 Å². The Bertz CT molecular complexity index is 2740. The summed E-state index contributed by atoms with van der Waals surface area (Å²) in [5, 5.41) is 23.0. The van der Waals surface area contributed by atoms with Gasteiger partial charge in [-0.3, -0.25) is 28.8 Å². The summed E-state index contributed by atoms with van der Waals surface area (Å²) in [6.07, 6.45) is -9.59. The van der Waals surface area contributed by atoms with E-state index in [0.29, 0.717) is 11.1 Å². The Balaban J connectivity index is 1.27. The Hall–Kier alpha value is -6.74. The second kappa shape index (κ2) is 21.5. The molecule has 68 heavy (non-hydrogen) atoms. The van der Waals surface area contributed by atoms with E-state index in [9.17, 15) is 55.1 Å². The molecule has 14 nitrogen and oxygen atoms in total. The van der Waals surface area contributed by atoms with Crippen LogP contribution in [0.3, 0.4) is 0 Å². The fourth-order valence-electron chi connectivity index (χ4n) is 5.99. The maximum atomic E-state index is 13.4. The molecular formula is C44H32Cl4F6N8O6. The first-order valence-corrected chi connectivity index (χ1v) is 20.8. The van der Waals surface area contributed by atoms with Crippen molar-refractivity contribution in [2.45, 2.75) is 52.1 Å². The van der Waals surface area contributed by atoms with Gasteiger partial charge in [-0.2, -0.15) is 46.8 Å². The lowest BCUT2D eigenvalue weighted by Gasteiger charge is -2.17. The van der Waals surface area contributed by atoms with Crippen LogP contribution in [0.1, 0.15) is 56.8 Å². The number of nitrogens with zero attached hydrogens (tertiary/aromatic N) is 4. The zero-order valence-corrected chi connectivity index (χ0v) is 38.3. The van der Waals surface area contributed by atoms with Crippen LogP contribution in [-0.4, -0.2) is 47.3 Å². The fourth-order valence-corrected chi connectivity index (χ4v) is 7.05. The van der Waals surface area contributed by atoms with Crippen LogP contribution in [0.25, 0.3) is 0 Å². The zero-order chi connectivity index (χ0) is 50.4. The standard InChI is InChI=1S/C44H32Cl4F6N8O6/c1-19-20(2)28(56-42(68)38(22(4)64)62-60-32-16-6-10-24(34(32)46)40(66)58-30-14-8-12-26(36(30)48)44(52,53)54)18-17-27(19)55-41(67)37(21(3)63)61-59-31-15-5-9-23(33(31)45)39(65)57-29-13-7-11-25(35(29)47)43(49,50)51/h5-18,37-38H,1-4H3,(H,55,67)(H,56,68)(H,57,65)(H,58,66). The van der Waals surface area contributed by atoms with Crippen LogP contribution in [0.2, 0.25) is 20.1 Å². The average Bonchev–Trinajstić information content (AvgIpc) is 3.25. The summed E-state index contributed by atoms with van der Waals surface area (Å²) in [4.78, 5) is 78.1. The Morgan fingerprint density at radius 3 is 1.13 bits per heavy atom. The van der Waals surface area contributed by atoms with Crippen molar-refractivity contribution < 1.29 is 55.1 Å². The van der Waals surface area contributed by atoms with Crippen molar-refractivity contribution in [3.05, 3.63) is 138 Å². The largest absolute Gasteiger partial charge is 0.417 e. The molecule has 5 aromatic carbocycles. The highest BCUT2D eigenvalue weighted by molar-refractivity contribution is 6.38. The van der Waals surface area contributed by atoms with Crippen molar-refractivity contribution in [2.24, 2.45) is 20.5 Å². The molecule has 354 valence electrons. The monoisotopic (exact) mass is 1020 g/mol. The zero-order valence-electron chi connectivity index (χ0n) is 35.3. The van der Waals surface area contributed by atoms with Crippen molar-refractivity contribution in [2.75, 3.05) is 21.3 Å². The molecule has 0 radical (unpaired) electrons. The molecule has 0 aliphatic heterocycles. The number of rotatable bonds is 14. The summed E-state index contributed by atoms with van der Waals surface area (Å²) >= 11 is 24.6. The highest BCUT2D eigenvalue weighted by Crippen LogP contribution is 2.40. The number of hydrogen-bond acceptors (Lipinski definition) is 10. The third-order valence-corrected chi connectivity index (χ3v) is 11.3. The van der Waals surface area contributed by atoms with Crippen LogP contribution in [0.5, 0.6) is 0 Å². The van der Waals surface area contributed by atoms with E-state index in [0.717, 1.165) is 50.2 Å². The maximum absolute atomic E-state index is 13.4. The Morgan fingerprint density at radius 2 is 0.809 bits per heavy atom. The molecule has 24 heteroatoms. The van der Waals surface area contributed by atoms with E-state index in [1.807, 2.05) is 0 Å². The minimum absolute atomic E-state index is 0.175. The number of nitrogens with one attached hydrogen (secondary N) is 4. The molecule has 2 unspecified atom stereocenters. The molecule has 5 rings (SSSR count). The van der Waals surface area contributed by atoms with E-state index < -0.39 is 80.8 Å². The number of benzene rings is 5.